The summed E-state index contributed by atoms with van der Waals surface area (Å²) in [6.07, 6.45) is 1.54. The average molecular weight is 460 g/mol. The lowest BCUT2D eigenvalue weighted by molar-refractivity contribution is 0.0746. The monoisotopic (exact) mass is 459 g/mol. The zero-order chi connectivity index (χ0) is 23.5. The van der Waals surface area contributed by atoms with Crippen molar-refractivity contribution in [1.29, 1.82) is 0 Å². The van der Waals surface area contributed by atoms with Gasteiger partial charge in [-0.2, -0.15) is 0 Å². The lowest BCUT2D eigenvalue weighted by Crippen LogP contribution is -2.49. The smallest absolute Gasteiger partial charge is 0.254 e. The van der Waals surface area contributed by atoms with Crippen LogP contribution in [0.4, 0.5) is 5.82 Å². The molecule has 0 spiro atoms. The summed E-state index contributed by atoms with van der Waals surface area (Å²) in [5.41, 5.74) is 3.01. The van der Waals surface area contributed by atoms with Crippen LogP contribution in [0, 0.1) is 0 Å². The largest absolute Gasteiger partial charge is 0.497 e. The van der Waals surface area contributed by atoms with Gasteiger partial charge in [0.2, 0.25) is 0 Å². The number of rotatable bonds is 6. The number of aromatic nitrogens is 5. The van der Waals surface area contributed by atoms with Crippen molar-refractivity contribution in [2.75, 3.05) is 45.3 Å². The summed E-state index contributed by atoms with van der Waals surface area (Å²) >= 11 is 0. The van der Waals surface area contributed by atoms with Crippen molar-refractivity contribution in [3.05, 3.63) is 66.0 Å². The molecule has 34 heavy (non-hydrogen) atoms. The lowest BCUT2D eigenvalue weighted by Gasteiger charge is -2.35. The van der Waals surface area contributed by atoms with Crippen LogP contribution in [0.15, 0.2) is 54.9 Å². The van der Waals surface area contributed by atoms with E-state index >= 15 is 0 Å². The first-order chi connectivity index (χ1) is 16.7. The SMILES string of the molecule is COc1cc(OC)cc(C(=O)N2CCN(c3ncnc4c3nnn4Cc3ccccc3)CC2)c1. The highest BCUT2D eigenvalue weighted by Gasteiger charge is 2.26. The maximum absolute atomic E-state index is 13.1. The Labute approximate surface area is 196 Å². The second-order valence-electron chi connectivity index (χ2n) is 7.98. The van der Waals surface area contributed by atoms with Crippen molar-refractivity contribution < 1.29 is 14.3 Å². The van der Waals surface area contributed by atoms with E-state index in [4.69, 9.17) is 9.47 Å². The highest BCUT2D eigenvalue weighted by atomic mass is 16.5. The van der Waals surface area contributed by atoms with Crippen molar-refractivity contribution in [2.24, 2.45) is 0 Å². The number of methoxy groups -OCH3 is 2. The number of benzene rings is 2. The molecule has 4 aromatic rings. The van der Waals surface area contributed by atoms with E-state index in [9.17, 15) is 4.79 Å². The van der Waals surface area contributed by atoms with Crippen LogP contribution in [0.2, 0.25) is 0 Å². The third-order valence-corrected chi connectivity index (χ3v) is 5.92. The third kappa shape index (κ3) is 4.21. The molecule has 1 fully saturated rings. The number of hydrogen-bond acceptors (Lipinski definition) is 8. The molecule has 5 rings (SSSR count). The Balaban J connectivity index is 1.31. The third-order valence-electron chi connectivity index (χ3n) is 5.92. The molecule has 0 N–H and O–H groups in total. The van der Waals surface area contributed by atoms with Crippen molar-refractivity contribution in [3.63, 3.8) is 0 Å². The summed E-state index contributed by atoms with van der Waals surface area (Å²) in [5, 5.41) is 8.68. The Morgan fingerprint density at radius 2 is 1.65 bits per heavy atom. The van der Waals surface area contributed by atoms with Gasteiger partial charge in [0.25, 0.3) is 5.91 Å². The standard InChI is InChI=1S/C24H25N7O3/c1-33-19-12-18(13-20(14-19)34-2)24(32)30-10-8-29(9-11-30)22-21-23(26-16-25-22)31(28-27-21)15-17-6-4-3-5-7-17/h3-7,12-14,16H,8-11,15H2,1-2H3. The topological polar surface area (TPSA) is 98.5 Å². The van der Waals surface area contributed by atoms with E-state index in [-0.39, 0.29) is 5.91 Å². The zero-order valence-electron chi connectivity index (χ0n) is 19.1. The van der Waals surface area contributed by atoms with Gasteiger partial charge in [-0.15, -0.1) is 5.10 Å². The normalized spacial score (nSPS) is 13.8. The number of ether oxygens (including phenoxy) is 2. The predicted octanol–water partition coefficient (Wildman–Crippen LogP) is 2.25. The fourth-order valence-electron chi connectivity index (χ4n) is 4.11. The first-order valence-corrected chi connectivity index (χ1v) is 11.0. The van der Waals surface area contributed by atoms with Gasteiger partial charge >= 0.3 is 0 Å². The van der Waals surface area contributed by atoms with Gasteiger partial charge in [-0.25, -0.2) is 14.6 Å². The van der Waals surface area contributed by atoms with E-state index in [1.807, 2.05) is 35.2 Å². The lowest BCUT2D eigenvalue weighted by atomic mass is 10.1. The van der Waals surface area contributed by atoms with Gasteiger partial charge in [-0.1, -0.05) is 35.5 Å². The van der Waals surface area contributed by atoms with E-state index in [0.717, 1.165) is 11.4 Å². The quantitative estimate of drug-likeness (QED) is 0.433. The van der Waals surface area contributed by atoms with Crippen molar-refractivity contribution in [2.45, 2.75) is 6.54 Å². The number of amides is 1. The van der Waals surface area contributed by atoms with Gasteiger partial charge in [0.15, 0.2) is 17.0 Å². The highest BCUT2D eigenvalue weighted by Crippen LogP contribution is 2.25. The van der Waals surface area contributed by atoms with Gasteiger partial charge in [-0.05, 0) is 17.7 Å². The van der Waals surface area contributed by atoms with Crippen molar-refractivity contribution in [1.82, 2.24) is 29.9 Å². The number of nitrogens with zero attached hydrogens (tertiary/aromatic N) is 7. The molecule has 1 aliphatic heterocycles. The van der Waals surface area contributed by atoms with Gasteiger partial charge in [0.1, 0.15) is 17.8 Å². The summed E-state index contributed by atoms with van der Waals surface area (Å²) in [6.45, 7) is 2.96. The van der Waals surface area contributed by atoms with E-state index in [1.165, 1.54) is 0 Å². The average Bonchev–Trinajstić information content (AvgIpc) is 3.31. The molecule has 0 aliphatic carbocycles. The Bertz CT molecular complexity index is 1280. The minimum atomic E-state index is -0.0570. The molecular weight excluding hydrogens is 434 g/mol. The summed E-state index contributed by atoms with van der Waals surface area (Å²) in [7, 11) is 3.14. The number of carbonyl (C=O) groups excluding carboxylic acids is 1. The molecule has 0 saturated carbocycles. The minimum Gasteiger partial charge on any atom is -0.497 e. The van der Waals surface area contributed by atoms with E-state index in [2.05, 4.69) is 25.2 Å². The molecule has 10 heteroatoms. The van der Waals surface area contributed by atoms with Gasteiger partial charge in [0, 0.05) is 37.8 Å². The minimum absolute atomic E-state index is 0.0570. The van der Waals surface area contributed by atoms with Crippen LogP contribution in [-0.2, 0) is 6.54 Å². The highest BCUT2D eigenvalue weighted by molar-refractivity contribution is 5.95. The fraction of sp³-hybridized carbons (Fsp3) is 0.292. The maximum Gasteiger partial charge on any atom is 0.254 e. The molecule has 0 radical (unpaired) electrons. The molecule has 3 heterocycles. The van der Waals surface area contributed by atoms with Gasteiger partial charge in [0.05, 0.1) is 20.8 Å². The summed E-state index contributed by atoms with van der Waals surface area (Å²) in [4.78, 5) is 26.0. The molecule has 2 aromatic carbocycles. The van der Waals surface area contributed by atoms with Crippen LogP contribution in [0.5, 0.6) is 11.5 Å². The molecule has 10 nitrogen and oxygen atoms in total. The summed E-state index contributed by atoms with van der Waals surface area (Å²) < 4.78 is 12.4. The van der Waals surface area contributed by atoms with Crippen LogP contribution in [-0.4, -0.2) is 76.2 Å². The van der Waals surface area contributed by atoms with E-state index in [0.29, 0.717) is 61.0 Å². The Morgan fingerprint density at radius 3 is 2.32 bits per heavy atom. The molecule has 1 saturated heterocycles. The zero-order valence-corrected chi connectivity index (χ0v) is 19.1. The number of anilines is 1. The second-order valence-corrected chi connectivity index (χ2v) is 7.98. The van der Waals surface area contributed by atoms with Crippen LogP contribution in [0.3, 0.4) is 0 Å². The molecular formula is C24H25N7O3. The number of hydrogen-bond donors (Lipinski definition) is 0. The van der Waals surface area contributed by atoms with Gasteiger partial charge < -0.3 is 19.3 Å². The van der Waals surface area contributed by atoms with Crippen molar-refractivity contribution in [3.8, 4) is 11.5 Å². The predicted molar refractivity (Wildman–Crippen MR) is 126 cm³/mol. The molecule has 0 unspecified atom stereocenters. The molecule has 0 atom stereocenters. The number of carbonyl (C=O) groups is 1. The van der Waals surface area contributed by atoms with Crippen LogP contribution >= 0.6 is 0 Å². The van der Waals surface area contributed by atoms with Gasteiger partial charge in [-0.3, -0.25) is 4.79 Å². The first kappa shape index (κ1) is 21.6. The van der Waals surface area contributed by atoms with E-state index in [1.54, 1.807) is 43.4 Å². The summed E-state index contributed by atoms with van der Waals surface area (Å²) in [6, 6.07) is 15.3. The first-order valence-electron chi connectivity index (χ1n) is 11.0. The Kier molecular flexibility index (Phi) is 5.94. The van der Waals surface area contributed by atoms with Crippen LogP contribution < -0.4 is 14.4 Å². The van der Waals surface area contributed by atoms with Crippen LogP contribution in [0.1, 0.15) is 15.9 Å². The molecule has 174 valence electrons. The number of piperazine rings is 1. The molecule has 0 bridgehead atoms. The Hall–Kier alpha value is -4.21. The van der Waals surface area contributed by atoms with E-state index < -0.39 is 0 Å². The molecule has 2 aromatic heterocycles. The molecule has 1 amide bonds. The number of fused-ring (bicyclic) bond motifs is 1. The molecule has 1 aliphatic rings. The van der Waals surface area contributed by atoms with Crippen LogP contribution in [0.25, 0.3) is 11.2 Å². The summed E-state index contributed by atoms with van der Waals surface area (Å²) in [5.74, 6) is 1.85. The Morgan fingerprint density at radius 1 is 0.941 bits per heavy atom. The maximum atomic E-state index is 13.1. The van der Waals surface area contributed by atoms with Crippen molar-refractivity contribution >= 4 is 22.9 Å². The second kappa shape index (κ2) is 9.34. The fourth-order valence-corrected chi connectivity index (χ4v) is 4.11.